The summed E-state index contributed by atoms with van der Waals surface area (Å²) >= 11 is 0. The number of sulfonamides is 1. The Morgan fingerprint density at radius 2 is 1.96 bits per heavy atom. The van der Waals surface area contributed by atoms with E-state index in [-0.39, 0.29) is 24.0 Å². The van der Waals surface area contributed by atoms with E-state index in [1.54, 1.807) is 13.1 Å². The first kappa shape index (κ1) is 22.4. The molecule has 1 saturated heterocycles. The van der Waals surface area contributed by atoms with Gasteiger partial charge in [0.25, 0.3) is 0 Å². The van der Waals surface area contributed by atoms with Crippen LogP contribution in [0.2, 0.25) is 0 Å². The summed E-state index contributed by atoms with van der Waals surface area (Å²) < 4.78 is 27.7. The van der Waals surface area contributed by atoms with Crippen molar-refractivity contribution in [3.8, 4) is 0 Å². The fourth-order valence-corrected chi connectivity index (χ4v) is 5.33. The van der Waals surface area contributed by atoms with E-state index < -0.39 is 10.0 Å². The molecule has 1 aliphatic carbocycles. The zero-order chi connectivity index (χ0) is 18.8. The monoisotopic (exact) mass is 506 g/mol. The van der Waals surface area contributed by atoms with E-state index in [4.69, 9.17) is 0 Å². The zero-order valence-corrected chi connectivity index (χ0v) is 19.6. The van der Waals surface area contributed by atoms with Crippen LogP contribution >= 0.6 is 24.0 Å². The van der Waals surface area contributed by atoms with Gasteiger partial charge in [0.15, 0.2) is 5.96 Å². The minimum absolute atomic E-state index is 0. The number of likely N-dealkylation sites (tertiary alicyclic amines) is 1. The topological polar surface area (TPSA) is 73.8 Å². The van der Waals surface area contributed by atoms with E-state index in [1.165, 1.54) is 25.7 Å². The summed E-state index contributed by atoms with van der Waals surface area (Å²) in [6.45, 7) is 6.66. The maximum atomic E-state index is 12.5. The second-order valence-corrected chi connectivity index (χ2v) is 9.40. The summed E-state index contributed by atoms with van der Waals surface area (Å²) in [5.74, 6) is 0.875. The average molecular weight is 506 g/mol. The molecule has 1 spiro atoms. The highest BCUT2D eigenvalue weighted by atomic mass is 127. The summed E-state index contributed by atoms with van der Waals surface area (Å²) in [6.07, 6.45) is 5.25. The van der Waals surface area contributed by atoms with Gasteiger partial charge in [0.2, 0.25) is 10.0 Å². The van der Waals surface area contributed by atoms with Gasteiger partial charge in [-0.25, -0.2) is 13.1 Å². The van der Waals surface area contributed by atoms with Crippen LogP contribution in [0.15, 0.2) is 28.1 Å². The molecule has 1 aromatic rings. The molecular weight excluding hydrogens is 475 g/mol. The number of hydrogen-bond acceptors (Lipinski definition) is 3. The quantitative estimate of drug-likeness (QED) is 0.279. The average Bonchev–Trinajstić information content (AvgIpc) is 3.03. The molecule has 3 rings (SSSR count). The largest absolute Gasteiger partial charge is 0.355 e. The van der Waals surface area contributed by atoms with Crippen molar-refractivity contribution in [3.05, 3.63) is 29.3 Å². The number of benzene rings is 1. The zero-order valence-electron chi connectivity index (χ0n) is 16.4. The van der Waals surface area contributed by atoms with E-state index in [0.29, 0.717) is 23.4 Å². The van der Waals surface area contributed by atoms with Crippen LogP contribution in [0, 0.1) is 19.3 Å². The highest BCUT2D eigenvalue weighted by Gasteiger charge is 2.43. The van der Waals surface area contributed by atoms with E-state index >= 15 is 0 Å². The Hall–Kier alpha value is -0.870. The standard InChI is InChI=1S/C19H30N4O2S.HI/c1-15-5-6-16(2)17(13-15)26(24,25)22-11-10-21-18(20-3)23-12-9-19(14-23)7-4-8-19;/h5-6,13,22H,4,7-12,14H2,1-3H3,(H,20,21);1H. The molecule has 1 aliphatic heterocycles. The summed E-state index contributed by atoms with van der Waals surface area (Å²) in [7, 11) is -1.71. The molecule has 0 radical (unpaired) electrons. The number of guanidine groups is 1. The lowest BCUT2D eigenvalue weighted by molar-refractivity contribution is 0.151. The molecule has 6 nitrogen and oxygen atoms in total. The molecule has 2 fully saturated rings. The van der Waals surface area contributed by atoms with E-state index in [1.807, 2.05) is 26.0 Å². The van der Waals surface area contributed by atoms with Gasteiger partial charge in [0.05, 0.1) is 4.90 Å². The molecule has 0 aromatic heterocycles. The van der Waals surface area contributed by atoms with Gasteiger partial charge >= 0.3 is 0 Å². The van der Waals surface area contributed by atoms with Crippen molar-refractivity contribution in [3.63, 3.8) is 0 Å². The molecule has 2 N–H and O–H groups in total. The number of hydrogen-bond donors (Lipinski definition) is 2. The van der Waals surface area contributed by atoms with Gasteiger partial charge in [-0.1, -0.05) is 18.6 Å². The molecule has 1 aromatic carbocycles. The SMILES string of the molecule is CN=C(NCCNS(=O)(=O)c1cc(C)ccc1C)N1CCC2(CCC2)C1.I. The van der Waals surface area contributed by atoms with Gasteiger partial charge in [-0.15, -0.1) is 24.0 Å². The predicted molar refractivity (Wildman–Crippen MR) is 120 cm³/mol. The van der Waals surface area contributed by atoms with Crippen molar-refractivity contribution in [1.29, 1.82) is 0 Å². The lowest BCUT2D eigenvalue weighted by atomic mass is 9.68. The number of halogens is 1. The maximum absolute atomic E-state index is 12.5. The van der Waals surface area contributed by atoms with Crippen LogP contribution < -0.4 is 10.0 Å². The number of nitrogens with zero attached hydrogens (tertiary/aromatic N) is 2. The van der Waals surface area contributed by atoms with Crippen LogP contribution in [0.4, 0.5) is 0 Å². The third-order valence-electron chi connectivity index (χ3n) is 5.70. The Kier molecular flexibility index (Phi) is 7.54. The molecule has 1 heterocycles. The Morgan fingerprint density at radius 3 is 2.56 bits per heavy atom. The lowest BCUT2D eigenvalue weighted by Gasteiger charge is -2.38. The summed E-state index contributed by atoms with van der Waals surface area (Å²) in [4.78, 5) is 7.02. The number of aliphatic imine (C=N–C) groups is 1. The first-order valence-electron chi connectivity index (χ1n) is 9.38. The Balaban J connectivity index is 0.00000261. The van der Waals surface area contributed by atoms with Gasteiger partial charge in [0, 0.05) is 33.2 Å². The van der Waals surface area contributed by atoms with Crippen LogP contribution in [0.25, 0.3) is 0 Å². The van der Waals surface area contributed by atoms with Crippen LogP contribution in [0.1, 0.15) is 36.8 Å². The normalized spacial score (nSPS) is 18.9. The number of aryl methyl sites for hydroxylation is 2. The summed E-state index contributed by atoms with van der Waals surface area (Å²) in [5.41, 5.74) is 2.21. The van der Waals surface area contributed by atoms with Gasteiger partial charge < -0.3 is 10.2 Å². The molecule has 0 atom stereocenters. The van der Waals surface area contributed by atoms with Crippen molar-refractivity contribution in [1.82, 2.24) is 14.9 Å². The van der Waals surface area contributed by atoms with Crippen LogP contribution in [0.5, 0.6) is 0 Å². The lowest BCUT2D eigenvalue weighted by Crippen LogP contribution is -2.44. The van der Waals surface area contributed by atoms with Gasteiger partial charge in [-0.3, -0.25) is 4.99 Å². The second-order valence-electron chi connectivity index (χ2n) is 7.67. The van der Waals surface area contributed by atoms with Gasteiger partial charge in [-0.05, 0) is 55.7 Å². The van der Waals surface area contributed by atoms with Crippen molar-refractivity contribution in [2.45, 2.75) is 44.4 Å². The van der Waals surface area contributed by atoms with Crippen LogP contribution in [0.3, 0.4) is 0 Å². The van der Waals surface area contributed by atoms with E-state index in [0.717, 1.165) is 30.2 Å². The third kappa shape index (κ3) is 5.14. The second kappa shape index (κ2) is 9.09. The first-order chi connectivity index (χ1) is 12.4. The molecule has 0 unspecified atom stereocenters. The Morgan fingerprint density at radius 1 is 1.22 bits per heavy atom. The molecule has 0 amide bonds. The van der Waals surface area contributed by atoms with Crippen molar-refractivity contribution in [2.24, 2.45) is 10.4 Å². The number of nitrogens with one attached hydrogen (secondary N) is 2. The molecule has 1 saturated carbocycles. The molecule has 0 bridgehead atoms. The number of rotatable bonds is 5. The fourth-order valence-electron chi connectivity index (χ4n) is 3.97. The highest BCUT2D eigenvalue weighted by Crippen LogP contribution is 2.47. The van der Waals surface area contributed by atoms with Crippen LogP contribution in [-0.4, -0.2) is 52.5 Å². The highest BCUT2D eigenvalue weighted by molar-refractivity contribution is 14.0. The van der Waals surface area contributed by atoms with Crippen molar-refractivity contribution in [2.75, 3.05) is 33.2 Å². The summed E-state index contributed by atoms with van der Waals surface area (Å²) in [5, 5.41) is 3.30. The third-order valence-corrected chi connectivity index (χ3v) is 7.30. The Labute approximate surface area is 180 Å². The molecule has 27 heavy (non-hydrogen) atoms. The minimum Gasteiger partial charge on any atom is -0.355 e. The van der Waals surface area contributed by atoms with E-state index in [9.17, 15) is 8.42 Å². The minimum atomic E-state index is -3.49. The smallest absolute Gasteiger partial charge is 0.240 e. The van der Waals surface area contributed by atoms with E-state index in [2.05, 4.69) is 19.9 Å². The molecule has 2 aliphatic rings. The van der Waals surface area contributed by atoms with Gasteiger partial charge in [0.1, 0.15) is 0 Å². The molecule has 8 heteroatoms. The van der Waals surface area contributed by atoms with Crippen LogP contribution in [-0.2, 0) is 10.0 Å². The fraction of sp³-hybridized carbons (Fsp3) is 0.632. The van der Waals surface area contributed by atoms with Gasteiger partial charge in [-0.2, -0.15) is 0 Å². The predicted octanol–water partition coefficient (Wildman–Crippen LogP) is 2.65. The first-order valence-corrected chi connectivity index (χ1v) is 10.9. The van der Waals surface area contributed by atoms with Crippen molar-refractivity contribution < 1.29 is 8.42 Å². The summed E-state index contributed by atoms with van der Waals surface area (Å²) in [6, 6.07) is 5.48. The maximum Gasteiger partial charge on any atom is 0.240 e. The Bertz CT molecular complexity index is 791. The molecular formula is C19H31IN4O2S. The molecule has 152 valence electrons. The van der Waals surface area contributed by atoms with Crippen molar-refractivity contribution >= 4 is 40.0 Å².